The zero-order chi connectivity index (χ0) is 18.6. The van der Waals surface area contributed by atoms with E-state index in [2.05, 4.69) is 15.3 Å². The molecule has 0 bridgehead atoms. The SMILES string of the molecule is COc1cc(/C=N\n2cnnc2-c2ccccc2)ccc1OC(=O)C1CC1. The number of carbonyl (C=O) groups excluding carboxylic acids is 1. The van der Waals surface area contributed by atoms with Gasteiger partial charge in [-0.2, -0.15) is 9.78 Å². The van der Waals surface area contributed by atoms with Crippen LogP contribution in [0.3, 0.4) is 0 Å². The lowest BCUT2D eigenvalue weighted by Crippen LogP contribution is -2.10. The minimum absolute atomic E-state index is 0.0288. The third-order valence-electron chi connectivity index (χ3n) is 4.20. The smallest absolute Gasteiger partial charge is 0.314 e. The zero-order valence-corrected chi connectivity index (χ0v) is 14.8. The molecule has 136 valence electrons. The molecule has 1 saturated carbocycles. The molecule has 0 spiro atoms. The highest BCUT2D eigenvalue weighted by molar-refractivity contribution is 5.82. The van der Waals surface area contributed by atoms with Gasteiger partial charge < -0.3 is 9.47 Å². The average molecular weight is 362 g/mol. The summed E-state index contributed by atoms with van der Waals surface area (Å²) < 4.78 is 12.4. The van der Waals surface area contributed by atoms with Gasteiger partial charge in [-0.15, -0.1) is 10.2 Å². The third kappa shape index (κ3) is 3.87. The predicted molar refractivity (Wildman–Crippen MR) is 99.8 cm³/mol. The van der Waals surface area contributed by atoms with Crippen molar-refractivity contribution in [3.05, 3.63) is 60.4 Å². The van der Waals surface area contributed by atoms with Gasteiger partial charge in [-0.05, 0) is 36.6 Å². The molecule has 1 aliphatic rings. The molecule has 1 heterocycles. The monoisotopic (exact) mass is 362 g/mol. The lowest BCUT2D eigenvalue weighted by atomic mass is 10.2. The predicted octanol–water partition coefficient (Wildman–Crippen LogP) is 3.15. The molecule has 0 radical (unpaired) electrons. The number of ether oxygens (including phenoxy) is 2. The summed E-state index contributed by atoms with van der Waals surface area (Å²) in [6.07, 6.45) is 5.01. The number of esters is 1. The molecule has 1 fully saturated rings. The standard InChI is InChI=1S/C20H18N4O3/c1-26-18-11-14(7-10-17(18)27-20(25)16-8-9-16)12-22-24-13-21-23-19(24)15-5-3-2-4-6-15/h2-7,10-13,16H,8-9H2,1H3/b22-12-. The minimum Gasteiger partial charge on any atom is -0.493 e. The summed E-state index contributed by atoms with van der Waals surface area (Å²) in [6.45, 7) is 0. The largest absolute Gasteiger partial charge is 0.493 e. The third-order valence-corrected chi connectivity index (χ3v) is 4.20. The average Bonchev–Trinajstić information content (AvgIpc) is 3.46. The molecule has 1 aliphatic carbocycles. The number of aromatic nitrogens is 3. The van der Waals surface area contributed by atoms with Gasteiger partial charge in [0.05, 0.1) is 19.2 Å². The Balaban J connectivity index is 1.54. The molecule has 0 N–H and O–H groups in total. The summed E-state index contributed by atoms with van der Waals surface area (Å²) in [7, 11) is 1.54. The van der Waals surface area contributed by atoms with Crippen molar-refractivity contribution in [1.29, 1.82) is 0 Å². The Morgan fingerprint density at radius 1 is 1.19 bits per heavy atom. The maximum absolute atomic E-state index is 11.9. The van der Waals surface area contributed by atoms with Crippen molar-refractivity contribution in [3.8, 4) is 22.9 Å². The van der Waals surface area contributed by atoms with E-state index in [1.54, 1.807) is 29.4 Å². The van der Waals surface area contributed by atoms with Gasteiger partial charge >= 0.3 is 5.97 Å². The van der Waals surface area contributed by atoms with E-state index in [-0.39, 0.29) is 11.9 Å². The summed E-state index contributed by atoms with van der Waals surface area (Å²) in [5.41, 5.74) is 1.72. The lowest BCUT2D eigenvalue weighted by Gasteiger charge is -2.09. The molecule has 0 saturated heterocycles. The number of methoxy groups -OCH3 is 1. The van der Waals surface area contributed by atoms with Gasteiger partial charge in [0.25, 0.3) is 0 Å². The highest BCUT2D eigenvalue weighted by atomic mass is 16.6. The van der Waals surface area contributed by atoms with Crippen LogP contribution < -0.4 is 9.47 Å². The van der Waals surface area contributed by atoms with E-state index in [0.29, 0.717) is 17.3 Å². The molecule has 1 aromatic heterocycles. The van der Waals surface area contributed by atoms with Crippen molar-refractivity contribution in [2.45, 2.75) is 12.8 Å². The first kappa shape index (κ1) is 17.0. The molecular formula is C20H18N4O3. The van der Waals surface area contributed by atoms with Crippen LogP contribution in [0.5, 0.6) is 11.5 Å². The molecule has 0 unspecified atom stereocenters. The topological polar surface area (TPSA) is 78.6 Å². The van der Waals surface area contributed by atoms with E-state index in [9.17, 15) is 4.79 Å². The van der Waals surface area contributed by atoms with Gasteiger partial charge in [-0.1, -0.05) is 30.3 Å². The number of benzene rings is 2. The Bertz CT molecular complexity index is 978. The van der Waals surface area contributed by atoms with Crippen molar-refractivity contribution in [2.24, 2.45) is 11.0 Å². The van der Waals surface area contributed by atoms with Crippen molar-refractivity contribution in [3.63, 3.8) is 0 Å². The van der Waals surface area contributed by atoms with Crippen LogP contribution >= 0.6 is 0 Å². The summed E-state index contributed by atoms with van der Waals surface area (Å²) in [6, 6.07) is 15.0. The summed E-state index contributed by atoms with van der Waals surface area (Å²) in [4.78, 5) is 11.9. The van der Waals surface area contributed by atoms with Crippen molar-refractivity contribution in [2.75, 3.05) is 7.11 Å². The molecule has 7 nitrogen and oxygen atoms in total. The number of hydrogen-bond acceptors (Lipinski definition) is 6. The van der Waals surface area contributed by atoms with Crippen LogP contribution in [0.1, 0.15) is 18.4 Å². The first-order chi connectivity index (χ1) is 13.2. The van der Waals surface area contributed by atoms with Crippen LogP contribution in [-0.2, 0) is 4.79 Å². The quantitative estimate of drug-likeness (QED) is 0.382. The molecule has 3 aromatic rings. The van der Waals surface area contributed by atoms with Gasteiger partial charge in [0.1, 0.15) is 6.33 Å². The number of nitrogens with zero attached hydrogens (tertiary/aromatic N) is 4. The maximum Gasteiger partial charge on any atom is 0.314 e. The number of hydrogen-bond donors (Lipinski definition) is 0. The number of carbonyl (C=O) groups is 1. The second-order valence-corrected chi connectivity index (χ2v) is 6.22. The molecule has 4 rings (SSSR count). The molecule has 27 heavy (non-hydrogen) atoms. The van der Waals surface area contributed by atoms with E-state index in [0.717, 1.165) is 24.0 Å². The molecule has 0 amide bonds. The maximum atomic E-state index is 11.9. The van der Waals surface area contributed by atoms with Crippen molar-refractivity contribution in [1.82, 2.24) is 14.9 Å². The summed E-state index contributed by atoms with van der Waals surface area (Å²) in [5.74, 6) is 1.38. The minimum atomic E-state index is -0.202. The molecular weight excluding hydrogens is 344 g/mol. The van der Waals surface area contributed by atoms with E-state index in [1.807, 2.05) is 36.4 Å². The fourth-order valence-electron chi connectivity index (χ4n) is 2.58. The van der Waals surface area contributed by atoms with E-state index < -0.39 is 0 Å². The number of rotatable bonds is 6. The van der Waals surface area contributed by atoms with Crippen molar-refractivity contribution >= 4 is 12.2 Å². The van der Waals surface area contributed by atoms with Gasteiger partial charge in [-0.3, -0.25) is 4.79 Å². The van der Waals surface area contributed by atoms with Gasteiger partial charge in [0.15, 0.2) is 17.3 Å². The second kappa shape index (κ2) is 7.41. The van der Waals surface area contributed by atoms with Crippen LogP contribution in [0.4, 0.5) is 0 Å². The molecule has 0 aliphatic heterocycles. The first-order valence-corrected chi connectivity index (χ1v) is 8.64. The van der Waals surface area contributed by atoms with Gasteiger partial charge in [0, 0.05) is 5.56 Å². The second-order valence-electron chi connectivity index (χ2n) is 6.22. The van der Waals surface area contributed by atoms with Gasteiger partial charge in [0.2, 0.25) is 0 Å². The van der Waals surface area contributed by atoms with Crippen LogP contribution in [-0.4, -0.2) is 34.2 Å². The Labute approximate surface area is 156 Å². The van der Waals surface area contributed by atoms with Crippen LogP contribution in [0.15, 0.2) is 60.0 Å². The van der Waals surface area contributed by atoms with E-state index >= 15 is 0 Å². The summed E-state index contributed by atoms with van der Waals surface area (Å²) in [5, 5.41) is 12.5. The Morgan fingerprint density at radius 3 is 2.74 bits per heavy atom. The van der Waals surface area contributed by atoms with Crippen LogP contribution in [0, 0.1) is 5.92 Å². The highest BCUT2D eigenvalue weighted by Crippen LogP contribution is 2.34. The molecule has 2 aromatic carbocycles. The Morgan fingerprint density at radius 2 is 2.00 bits per heavy atom. The van der Waals surface area contributed by atoms with E-state index in [1.165, 1.54) is 7.11 Å². The van der Waals surface area contributed by atoms with Crippen molar-refractivity contribution < 1.29 is 14.3 Å². The Kier molecular flexibility index (Phi) is 4.65. The summed E-state index contributed by atoms with van der Waals surface area (Å²) >= 11 is 0. The normalized spacial score (nSPS) is 13.7. The highest BCUT2D eigenvalue weighted by Gasteiger charge is 2.32. The molecule has 7 heteroatoms. The Hall–Kier alpha value is -3.48. The fourth-order valence-corrected chi connectivity index (χ4v) is 2.58. The lowest BCUT2D eigenvalue weighted by molar-refractivity contribution is -0.135. The zero-order valence-electron chi connectivity index (χ0n) is 14.8. The van der Waals surface area contributed by atoms with Crippen LogP contribution in [0.25, 0.3) is 11.4 Å². The first-order valence-electron chi connectivity index (χ1n) is 8.64. The van der Waals surface area contributed by atoms with Gasteiger partial charge in [-0.25, -0.2) is 0 Å². The van der Waals surface area contributed by atoms with E-state index in [4.69, 9.17) is 9.47 Å². The van der Waals surface area contributed by atoms with Crippen LogP contribution in [0.2, 0.25) is 0 Å². The molecule has 0 atom stereocenters. The fraction of sp³-hybridized carbons (Fsp3) is 0.200.